The van der Waals surface area contributed by atoms with Gasteiger partial charge in [0.2, 0.25) is 0 Å². The number of carbonyl (C=O) groups is 1. The first-order valence-corrected chi connectivity index (χ1v) is 5.99. The maximum Gasteiger partial charge on any atom is 0.255 e. The summed E-state index contributed by atoms with van der Waals surface area (Å²) in [5.41, 5.74) is 5.55. The molecule has 0 bridgehead atoms. The summed E-state index contributed by atoms with van der Waals surface area (Å²) in [6, 6.07) is 3.85. The molecule has 5 nitrogen and oxygen atoms in total. The van der Waals surface area contributed by atoms with Gasteiger partial charge in [-0.1, -0.05) is 5.16 Å². The number of benzene rings is 1. The molecule has 1 aromatic carbocycles. The lowest BCUT2D eigenvalue weighted by Gasteiger charge is -2.20. The predicted molar refractivity (Wildman–Crippen MR) is 69.1 cm³/mol. The molecule has 0 heterocycles. The Morgan fingerprint density at radius 1 is 1.61 bits per heavy atom. The minimum Gasteiger partial charge on any atom is -0.409 e. The predicted octanol–water partition coefficient (Wildman–Crippen LogP) is 1.80. The average Bonchev–Trinajstić information content (AvgIpc) is 2.37. The van der Waals surface area contributed by atoms with Crippen molar-refractivity contribution >= 4 is 27.7 Å². The Morgan fingerprint density at radius 2 is 2.28 bits per heavy atom. The molecule has 0 spiro atoms. The molecule has 0 saturated heterocycles. The summed E-state index contributed by atoms with van der Waals surface area (Å²) in [6.07, 6.45) is 0. The van der Waals surface area contributed by atoms with Crippen LogP contribution in [0.15, 0.2) is 27.8 Å². The van der Waals surface area contributed by atoms with Crippen molar-refractivity contribution in [3.63, 3.8) is 0 Å². The number of oxime groups is 1. The van der Waals surface area contributed by atoms with Crippen LogP contribution in [0.5, 0.6) is 0 Å². The Balaban J connectivity index is 3.00. The first-order chi connectivity index (χ1) is 8.49. The van der Waals surface area contributed by atoms with Crippen LogP contribution in [0.2, 0.25) is 0 Å². The van der Waals surface area contributed by atoms with E-state index in [0.717, 1.165) is 6.07 Å². The van der Waals surface area contributed by atoms with Crippen LogP contribution in [0, 0.1) is 5.82 Å². The Labute approximate surface area is 112 Å². The van der Waals surface area contributed by atoms with Gasteiger partial charge in [-0.15, -0.1) is 0 Å². The molecule has 0 unspecified atom stereocenters. The summed E-state index contributed by atoms with van der Waals surface area (Å²) in [4.78, 5) is 13.5. The first-order valence-electron chi connectivity index (χ1n) is 5.20. The zero-order valence-electron chi connectivity index (χ0n) is 9.73. The molecule has 0 saturated carbocycles. The summed E-state index contributed by atoms with van der Waals surface area (Å²) < 4.78 is 13.6. The van der Waals surface area contributed by atoms with E-state index >= 15 is 0 Å². The van der Waals surface area contributed by atoms with Crippen molar-refractivity contribution in [2.24, 2.45) is 10.9 Å². The molecule has 1 aromatic rings. The van der Waals surface area contributed by atoms with Gasteiger partial charge in [0.15, 0.2) is 5.84 Å². The lowest BCUT2D eigenvalue weighted by molar-refractivity contribution is 0.0785. The molecule has 0 aromatic heterocycles. The fourth-order valence-electron chi connectivity index (χ4n) is 1.39. The number of nitrogens with two attached hydrogens (primary N) is 1. The van der Waals surface area contributed by atoms with E-state index in [2.05, 4.69) is 21.1 Å². The Morgan fingerprint density at radius 3 is 2.83 bits per heavy atom. The van der Waals surface area contributed by atoms with Gasteiger partial charge in [-0.05, 0) is 41.1 Å². The van der Waals surface area contributed by atoms with E-state index in [-0.39, 0.29) is 17.9 Å². The van der Waals surface area contributed by atoms with E-state index in [4.69, 9.17) is 10.9 Å². The van der Waals surface area contributed by atoms with Crippen LogP contribution < -0.4 is 5.73 Å². The molecule has 0 radical (unpaired) electrons. The molecule has 7 heteroatoms. The second-order valence-corrected chi connectivity index (χ2v) is 4.39. The summed E-state index contributed by atoms with van der Waals surface area (Å²) in [7, 11) is 0. The highest BCUT2D eigenvalue weighted by Crippen LogP contribution is 2.19. The average molecular weight is 318 g/mol. The highest BCUT2D eigenvalue weighted by molar-refractivity contribution is 9.10. The van der Waals surface area contributed by atoms with E-state index in [0.29, 0.717) is 11.0 Å². The zero-order chi connectivity index (χ0) is 13.7. The quantitative estimate of drug-likeness (QED) is 0.384. The third-order valence-electron chi connectivity index (χ3n) is 2.31. The van der Waals surface area contributed by atoms with Gasteiger partial charge in [0.1, 0.15) is 5.82 Å². The van der Waals surface area contributed by atoms with Gasteiger partial charge in [0.25, 0.3) is 5.91 Å². The third-order valence-corrected chi connectivity index (χ3v) is 3.00. The second kappa shape index (κ2) is 6.34. The molecule has 0 fully saturated rings. The number of amides is 1. The molecule has 1 rings (SSSR count). The summed E-state index contributed by atoms with van der Waals surface area (Å²) in [5, 5.41) is 11.3. The topological polar surface area (TPSA) is 78.9 Å². The lowest BCUT2D eigenvalue weighted by atomic mass is 10.2. The van der Waals surface area contributed by atoms with Gasteiger partial charge < -0.3 is 15.8 Å². The van der Waals surface area contributed by atoms with Crippen LogP contribution in [-0.4, -0.2) is 34.9 Å². The fourth-order valence-corrected chi connectivity index (χ4v) is 1.80. The number of carbonyl (C=O) groups excluding carboxylic acids is 1. The summed E-state index contributed by atoms with van der Waals surface area (Å²) >= 11 is 3.19. The molecule has 0 aliphatic rings. The Hall–Kier alpha value is -1.63. The molecule has 1 amide bonds. The number of amidine groups is 1. The number of halogens is 2. The molecule has 18 heavy (non-hydrogen) atoms. The van der Waals surface area contributed by atoms with Crippen LogP contribution in [-0.2, 0) is 0 Å². The standard InChI is InChI=1S/C11H13BrFN3O2/c1-2-16(6-10(14)15-18)11(17)8-5-7(13)3-4-9(8)12/h3-5,18H,2,6H2,1H3,(H2,14,15). The SMILES string of the molecule is CCN(CC(N)=NO)C(=O)c1cc(F)ccc1Br. The lowest BCUT2D eigenvalue weighted by Crippen LogP contribution is -2.38. The number of hydrogen-bond acceptors (Lipinski definition) is 3. The summed E-state index contributed by atoms with van der Waals surface area (Å²) in [6.45, 7) is 2.09. The van der Waals surface area contributed by atoms with Gasteiger partial charge in [-0.2, -0.15) is 0 Å². The largest absolute Gasteiger partial charge is 0.409 e. The Bertz CT molecular complexity index is 479. The molecule has 0 atom stereocenters. The second-order valence-electron chi connectivity index (χ2n) is 3.53. The first kappa shape index (κ1) is 14.4. The minimum absolute atomic E-state index is 0.0191. The van der Waals surface area contributed by atoms with Gasteiger partial charge in [-0.25, -0.2) is 4.39 Å². The molecule has 98 valence electrons. The monoisotopic (exact) mass is 317 g/mol. The third kappa shape index (κ3) is 3.43. The van der Waals surface area contributed by atoms with Gasteiger partial charge in [0, 0.05) is 11.0 Å². The van der Waals surface area contributed by atoms with E-state index in [1.165, 1.54) is 17.0 Å². The van der Waals surface area contributed by atoms with Crippen LogP contribution in [0.4, 0.5) is 4.39 Å². The van der Waals surface area contributed by atoms with Crippen LogP contribution in [0.25, 0.3) is 0 Å². The number of nitrogens with zero attached hydrogens (tertiary/aromatic N) is 2. The van der Waals surface area contributed by atoms with E-state index < -0.39 is 11.7 Å². The van der Waals surface area contributed by atoms with Gasteiger partial charge >= 0.3 is 0 Å². The van der Waals surface area contributed by atoms with Crippen molar-refractivity contribution in [3.8, 4) is 0 Å². The van der Waals surface area contributed by atoms with Crippen molar-refractivity contribution in [2.45, 2.75) is 6.92 Å². The molecular formula is C11H13BrFN3O2. The van der Waals surface area contributed by atoms with Crippen molar-refractivity contribution in [3.05, 3.63) is 34.1 Å². The van der Waals surface area contributed by atoms with Crippen LogP contribution in [0.1, 0.15) is 17.3 Å². The van der Waals surface area contributed by atoms with E-state index in [9.17, 15) is 9.18 Å². The van der Waals surface area contributed by atoms with Gasteiger partial charge in [0.05, 0.1) is 12.1 Å². The van der Waals surface area contributed by atoms with Crippen molar-refractivity contribution < 1.29 is 14.4 Å². The van der Waals surface area contributed by atoms with Gasteiger partial charge in [-0.3, -0.25) is 4.79 Å². The highest BCUT2D eigenvalue weighted by atomic mass is 79.9. The smallest absolute Gasteiger partial charge is 0.255 e. The van der Waals surface area contributed by atoms with Crippen LogP contribution >= 0.6 is 15.9 Å². The van der Waals surface area contributed by atoms with E-state index in [1.54, 1.807) is 6.92 Å². The molecule has 3 N–H and O–H groups in total. The number of rotatable bonds is 4. The molecule has 0 aliphatic heterocycles. The van der Waals surface area contributed by atoms with E-state index in [1.807, 2.05) is 0 Å². The number of hydrogen-bond donors (Lipinski definition) is 2. The Kier molecular flexibility index (Phi) is 5.08. The number of likely N-dealkylation sites (N-methyl/N-ethyl adjacent to an activating group) is 1. The van der Waals surface area contributed by atoms with Crippen molar-refractivity contribution in [1.29, 1.82) is 0 Å². The minimum atomic E-state index is -0.499. The van der Waals surface area contributed by atoms with Crippen LogP contribution in [0.3, 0.4) is 0 Å². The van der Waals surface area contributed by atoms with Crippen molar-refractivity contribution in [2.75, 3.05) is 13.1 Å². The molecule has 0 aliphatic carbocycles. The maximum absolute atomic E-state index is 13.1. The molecular weight excluding hydrogens is 305 g/mol. The zero-order valence-corrected chi connectivity index (χ0v) is 11.3. The van der Waals surface area contributed by atoms with Crippen molar-refractivity contribution in [1.82, 2.24) is 4.90 Å². The maximum atomic E-state index is 13.1. The summed E-state index contributed by atoms with van der Waals surface area (Å²) in [5.74, 6) is -0.977. The fraction of sp³-hybridized carbons (Fsp3) is 0.273. The highest BCUT2D eigenvalue weighted by Gasteiger charge is 2.18. The normalized spacial score (nSPS) is 11.4.